The van der Waals surface area contributed by atoms with Crippen molar-refractivity contribution in [2.45, 2.75) is 31.4 Å². The third kappa shape index (κ3) is 1.77. The van der Waals surface area contributed by atoms with Crippen molar-refractivity contribution in [3.8, 4) is 5.88 Å². The van der Waals surface area contributed by atoms with Crippen LogP contribution in [0.3, 0.4) is 0 Å². The van der Waals surface area contributed by atoms with Gasteiger partial charge in [-0.05, 0) is 19.3 Å². The van der Waals surface area contributed by atoms with E-state index in [2.05, 4.69) is 14.9 Å². The van der Waals surface area contributed by atoms with E-state index in [-0.39, 0.29) is 0 Å². The largest absolute Gasteiger partial charge is 0.479 e. The molecule has 98 valence electrons. The number of aromatic nitrogens is 2. The monoisotopic (exact) mass is 250 g/mol. The highest BCUT2D eigenvalue weighted by molar-refractivity contribution is 5.68. The van der Waals surface area contributed by atoms with Crippen LogP contribution in [0.1, 0.15) is 19.3 Å². The van der Waals surface area contributed by atoms with Crippen molar-refractivity contribution in [1.82, 2.24) is 9.97 Å². The van der Waals surface area contributed by atoms with Gasteiger partial charge in [0, 0.05) is 6.54 Å². The Morgan fingerprint density at radius 3 is 3.17 bits per heavy atom. The summed E-state index contributed by atoms with van der Waals surface area (Å²) >= 11 is 0. The highest BCUT2D eigenvalue weighted by atomic mass is 16.5. The van der Waals surface area contributed by atoms with Gasteiger partial charge in [0.2, 0.25) is 5.88 Å². The first-order chi connectivity index (χ1) is 8.81. The lowest BCUT2D eigenvalue weighted by Gasteiger charge is -2.38. The molecule has 0 bridgehead atoms. The lowest BCUT2D eigenvalue weighted by Crippen LogP contribution is -2.49. The van der Waals surface area contributed by atoms with Gasteiger partial charge in [0.25, 0.3) is 0 Å². The fourth-order valence-electron chi connectivity index (χ4n) is 2.95. The number of rotatable bonds is 2. The molecule has 2 aliphatic rings. The molecule has 2 fully saturated rings. The highest BCUT2D eigenvalue weighted by Crippen LogP contribution is 2.36. The molecule has 6 heteroatoms. The summed E-state index contributed by atoms with van der Waals surface area (Å²) in [5.74, 6) is 1.23. The van der Waals surface area contributed by atoms with Crippen LogP contribution in [0.25, 0.3) is 0 Å². The molecule has 0 aromatic carbocycles. The second-order valence-electron chi connectivity index (χ2n) is 4.72. The molecule has 2 N–H and O–H groups in total. The van der Waals surface area contributed by atoms with E-state index in [1.807, 2.05) is 0 Å². The van der Waals surface area contributed by atoms with E-state index >= 15 is 0 Å². The van der Waals surface area contributed by atoms with Crippen molar-refractivity contribution in [3.63, 3.8) is 0 Å². The van der Waals surface area contributed by atoms with E-state index in [1.165, 1.54) is 12.7 Å². The summed E-state index contributed by atoms with van der Waals surface area (Å²) in [6, 6.07) is 0.389. The van der Waals surface area contributed by atoms with E-state index in [0.29, 0.717) is 23.7 Å². The van der Waals surface area contributed by atoms with Crippen molar-refractivity contribution in [3.05, 3.63) is 6.33 Å². The van der Waals surface area contributed by atoms with Gasteiger partial charge in [0.05, 0.1) is 25.9 Å². The Morgan fingerprint density at radius 2 is 2.33 bits per heavy atom. The fraction of sp³-hybridized carbons (Fsp3) is 0.667. The van der Waals surface area contributed by atoms with Gasteiger partial charge >= 0.3 is 0 Å². The number of methoxy groups -OCH3 is 1. The van der Waals surface area contributed by atoms with E-state index in [1.54, 1.807) is 7.11 Å². The molecular formula is C12H18N4O2. The minimum absolute atomic E-state index is 0.319. The quantitative estimate of drug-likeness (QED) is 0.838. The Labute approximate surface area is 106 Å². The maximum absolute atomic E-state index is 6.07. The Balaban J connectivity index is 1.93. The third-order valence-corrected chi connectivity index (χ3v) is 3.77. The second-order valence-corrected chi connectivity index (χ2v) is 4.72. The van der Waals surface area contributed by atoms with Crippen molar-refractivity contribution in [1.29, 1.82) is 0 Å². The van der Waals surface area contributed by atoms with Gasteiger partial charge in [-0.3, -0.25) is 0 Å². The molecule has 1 aromatic rings. The lowest BCUT2D eigenvalue weighted by molar-refractivity contribution is 0.0253. The minimum Gasteiger partial charge on any atom is -0.479 e. The van der Waals surface area contributed by atoms with Crippen molar-refractivity contribution >= 4 is 11.5 Å². The molecule has 0 amide bonds. The summed E-state index contributed by atoms with van der Waals surface area (Å²) < 4.78 is 10.9. The van der Waals surface area contributed by atoms with E-state index < -0.39 is 0 Å². The average molecular weight is 250 g/mol. The number of nitrogens with zero attached hydrogens (tertiary/aromatic N) is 3. The molecule has 2 atom stereocenters. The standard InChI is InChI=1S/C12H18N4O2/c1-17-12-10(13)11(14-7-15-12)16-5-6-18-9-4-2-3-8(9)16/h7-9H,2-6,13H2,1H3. The summed E-state index contributed by atoms with van der Waals surface area (Å²) in [5.41, 5.74) is 6.60. The summed E-state index contributed by atoms with van der Waals surface area (Å²) in [7, 11) is 1.57. The smallest absolute Gasteiger partial charge is 0.242 e. The lowest BCUT2D eigenvalue weighted by atomic mass is 10.1. The minimum atomic E-state index is 0.319. The first-order valence-electron chi connectivity index (χ1n) is 6.34. The SMILES string of the molecule is COc1ncnc(N2CCOC3CCCC32)c1N. The van der Waals surface area contributed by atoms with E-state index in [0.717, 1.165) is 31.8 Å². The van der Waals surface area contributed by atoms with Crippen LogP contribution in [0.4, 0.5) is 11.5 Å². The maximum atomic E-state index is 6.07. The first kappa shape index (κ1) is 11.5. The zero-order valence-electron chi connectivity index (χ0n) is 10.5. The molecule has 1 saturated carbocycles. The molecule has 1 aromatic heterocycles. The Bertz CT molecular complexity index is 440. The third-order valence-electron chi connectivity index (χ3n) is 3.77. The predicted molar refractivity (Wildman–Crippen MR) is 67.7 cm³/mol. The summed E-state index contributed by atoms with van der Waals surface area (Å²) in [5, 5.41) is 0. The van der Waals surface area contributed by atoms with Crippen LogP contribution in [0.5, 0.6) is 5.88 Å². The van der Waals surface area contributed by atoms with Crippen LogP contribution >= 0.6 is 0 Å². The molecule has 2 unspecified atom stereocenters. The van der Waals surface area contributed by atoms with E-state index in [4.69, 9.17) is 15.2 Å². The highest BCUT2D eigenvalue weighted by Gasteiger charge is 2.37. The molecule has 6 nitrogen and oxygen atoms in total. The summed E-state index contributed by atoms with van der Waals surface area (Å²) in [6.45, 7) is 1.55. The van der Waals surface area contributed by atoms with Crippen molar-refractivity contribution < 1.29 is 9.47 Å². The van der Waals surface area contributed by atoms with Gasteiger partial charge in [-0.25, -0.2) is 4.98 Å². The molecule has 1 saturated heterocycles. The van der Waals surface area contributed by atoms with Crippen molar-refractivity contribution in [2.24, 2.45) is 0 Å². The number of anilines is 2. The number of hydrogen-bond donors (Lipinski definition) is 1. The number of morpholine rings is 1. The molecule has 18 heavy (non-hydrogen) atoms. The van der Waals surface area contributed by atoms with Crippen LogP contribution < -0.4 is 15.4 Å². The Kier molecular flexibility index (Phi) is 2.95. The molecule has 1 aliphatic heterocycles. The predicted octanol–water partition coefficient (Wildman–Crippen LogP) is 0.825. The molecule has 1 aliphatic carbocycles. The topological polar surface area (TPSA) is 73.5 Å². The van der Waals surface area contributed by atoms with Crippen LogP contribution in [0, 0.1) is 0 Å². The summed E-state index contributed by atoms with van der Waals surface area (Å²) in [4.78, 5) is 10.6. The van der Waals surface area contributed by atoms with Crippen LogP contribution in [-0.2, 0) is 4.74 Å². The molecule has 2 heterocycles. The molecule has 3 rings (SSSR count). The van der Waals surface area contributed by atoms with Gasteiger partial charge in [0.15, 0.2) is 5.82 Å². The van der Waals surface area contributed by atoms with Gasteiger partial charge in [0.1, 0.15) is 12.0 Å². The van der Waals surface area contributed by atoms with Crippen LogP contribution in [-0.4, -0.2) is 42.4 Å². The Hall–Kier alpha value is -1.56. The van der Waals surface area contributed by atoms with Gasteiger partial charge in [-0.15, -0.1) is 0 Å². The number of ether oxygens (including phenoxy) is 2. The fourth-order valence-corrected chi connectivity index (χ4v) is 2.95. The van der Waals surface area contributed by atoms with Gasteiger partial charge in [-0.1, -0.05) is 0 Å². The number of nitrogen functional groups attached to an aromatic ring is 1. The summed E-state index contributed by atoms with van der Waals surface area (Å²) in [6.07, 6.45) is 5.29. The number of fused-ring (bicyclic) bond motifs is 1. The zero-order chi connectivity index (χ0) is 12.5. The number of nitrogens with two attached hydrogens (primary N) is 1. The van der Waals surface area contributed by atoms with Crippen LogP contribution in [0.2, 0.25) is 0 Å². The zero-order valence-corrected chi connectivity index (χ0v) is 10.5. The normalized spacial score (nSPS) is 27.1. The van der Waals surface area contributed by atoms with Gasteiger partial charge < -0.3 is 20.1 Å². The van der Waals surface area contributed by atoms with E-state index in [9.17, 15) is 0 Å². The second kappa shape index (κ2) is 4.61. The van der Waals surface area contributed by atoms with Crippen LogP contribution in [0.15, 0.2) is 6.33 Å². The average Bonchev–Trinajstić information content (AvgIpc) is 2.87. The molecular weight excluding hydrogens is 232 g/mol. The Morgan fingerprint density at radius 1 is 1.44 bits per heavy atom. The van der Waals surface area contributed by atoms with Gasteiger partial charge in [-0.2, -0.15) is 4.98 Å². The number of hydrogen-bond acceptors (Lipinski definition) is 6. The molecule has 0 radical (unpaired) electrons. The van der Waals surface area contributed by atoms with Crippen molar-refractivity contribution in [2.75, 3.05) is 30.9 Å². The maximum Gasteiger partial charge on any atom is 0.242 e. The first-order valence-corrected chi connectivity index (χ1v) is 6.34. The molecule has 0 spiro atoms.